The summed E-state index contributed by atoms with van der Waals surface area (Å²) in [6.07, 6.45) is 8.04. The highest BCUT2D eigenvalue weighted by Crippen LogP contribution is 2.45. The van der Waals surface area contributed by atoms with Crippen molar-refractivity contribution in [2.24, 2.45) is 16.7 Å². The molecule has 1 aliphatic carbocycles. The van der Waals surface area contributed by atoms with Crippen LogP contribution in [0.1, 0.15) is 129 Å². The van der Waals surface area contributed by atoms with Crippen molar-refractivity contribution in [3.8, 4) is 11.5 Å². The Morgan fingerprint density at radius 1 is 0.647 bits per heavy atom. The van der Waals surface area contributed by atoms with Gasteiger partial charge in [-0.15, -0.1) is 0 Å². The Morgan fingerprint density at radius 3 is 1.57 bits per heavy atom. The van der Waals surface area contributed by atoms with Crippen LogP contribution in [0.2, 0.25) is 50.4 Å². The zero-order valence-corrected chi connectivity index (χ0v) is 36.0. The summed E-state index contributed by atoms with van der Waals surface area (Å²) >= 11 is 0. The van der Waals surface area contributed by atoms with Gasteiger partial charge in [-0.25, -0.2) is 8.78 Å². The van der Waals surface area contributed by atoms with Crippen LogP contribution >= 0.6 is 0 Å². The molecule has 1 unspecified atom stereocenters. The van der Waals surface area contributed by atoms with Crippen molar-refractivity contribution >= 4 is 16.1 Å². The summed E-state index contributed by atoms with van der Waals surface area (Å²) in [7, 11) is -2.66. The standard InChI is InChI=1S/C43H70F4O2Si2/c1-12-43(6,7)33(30-42(3,4)5)24-27-51(10,11)29-28-50(8,9)26-15-14-25-49-37-23-21-35(39(45)41(37)47)32-18-16-31(17-19-32)34-20-22-36(48-13-2)40(46)38(34)44/h20-23,31-33H,12-19,24-30H2,1-11H3. The summed E-state index contributed by atoms with van der Waals surface area (Å²) in [5, 5.41) is 0. The van der Waals surface area contributed by atoms with Gasteiger partial charge in [0.1, 0.15) is 0 Å². The average molecular weight is 751 g/mol. The summed E-state index contributed by atoms with van der Waals surface area (Å²) < 4.78 is 70.6. The van der Waals surface area contributed by atoms with Crippen LogP contribution in [0, 0.1) is 40.0 Å². The lowest BCUT2D eigenvalue weighted by atomic mass is 9.69. The smallest absolute Gasteiger partial charge is 0.200 e. The van der Waals surface area contributed by atoms with E-state index in [1.807, 2.05) is 0 Å². The van der Waals surface area contributed by atoms with E-state index >= 15 is 8.78 Å². The highest BCUT2D eigenvalue weighted by molar-refractivity contribution is 6.82. The van der Waals surface area contributed by atoms with Crippen LogP contribution in [0.5, 0.6) is 11.5 Å². The lowest BCUT2D eigenvalue weighted by molar-refractivity contribution is 0.137. The Bertz CT molecular complexity index is 1390. The molecule has 0 amide bonds. The predicted molar refractivity (Wildman–Crippen MR) is 213 cm³/mol. The topological polar surface area (TPSA) is 18.5 Å². The first-order valence-corrected chi connectivity index (χ1v) is 26.7. The minimum Gasteiger partial charge on any atom is -0.491 e. The number of benzene rings is 2. The maximum Gasteiger partial charge on any atom is 0.200 e. The van der Waals surface area contributed by atoms with E-state index in [2.05, 4.69) is 67.7 Å². The lowest BCUT2D eigenvalue weighted by Gasteiger charge is -2.39. The Labute approximate surface area is 310 Å². The summed E-state index contributed by atoms with van der Waals surface area (Å²) in [5.74, 6) is -3.30. The number of ether oxygens (including phenoxy) is 2. The highest BCUT2D eigenvalue weighted by atomic mass is 28.3. The summed E-state index contributed by atoms with van der Waals surface area (Å²) in [6.45, 7) is 27.0. The molecule has 2 aromatic rings. The third-order valence-electron chi connectivity index (χ3n) is 12.1. The molecule has 8 heteroatoms. The third kappa shape index (κ3) is 12.9. The first-order chi connectivity index (χ1) is 23.7. The van der Waals surface area contributed by atoms with Crippen molar-refractivity contribution in [1.29, 1.82) is 0 Å². The van der Waals surface area contributed by atoms with Gasteiger partial charge in [-0.3, -0.25) is 0 Å². The van der Waals surface area contributed by atoms with Crippen molar-refractivity contribution in [1.82, 2.24) is 0 Å². The van der Waals surface area contributed by atoms with Crippen LogP contribution in [0.4, 0.5) is 17.6 Å². The maximum atomic E-state index is 15.3. The minimum atomic E-state index is -1.37. The van der Waals surface area contributed by atoms with Gasteiger partial charge in [-0.1, -0.05) is 123 Å². The molecule has 2 aromatic carbocycles. The molecule has 0 bridgehead atoms. The first-order valence-electron chi connectivity index (χ1n) is 19.9. The molecule has 51 heavy (non-hydrogen) atoms. The van der Waals surface area contributed by atoms with Crippen molar-refractivity contribution in [3.63, 3.8) is 0 Å². The molecule has 1 fully saturated rings. The Hall–Kier alpha value is -1.81. The fourth-order valence-corrected chi connectivity index (χ4v) is 16.2. The van der Waals surface area contributed by atoms with E-state index in [1.54, 1.807) is 25.1 Å². The molecule has 0 spiro atoms. The van der Waals surface area contributed by atoms with E-state index < -0.39 is 39.4 Å². The van der Waals surface area contributed by atoms with Gasteiger partial charge < -0.3 is 9.47 Å². The molecule has 0 radical (unpaired) electrons. The fourth-order valence-electron chi connectivity index (χ4n) is 7.99. The number of hydrogen-bond donors (Lipinski definition) is 0. The second-order valence-corrected chi connectivity index (χ2v) is 29.7. The number of halogens is 4. The molecular weight excluding hydrogens is 681 g/mol. The molecule has 1 aliphatic rings. The molecule has 1 saturated carbocycles. The average Bonchev–Trinajstić information content (AvgIpc) is 3.06. The van der Waals surface area contributed by atoms with E-state index in [0.29, 0.717) is 54.2 Å². The second kappa shape index (κ2) is 18.5. The SMILES string of the molecule is CCOc1ccc(C2CCC(c3ccc(OCCCC[Si](C)(C)CC[Si](C)(C)CCC(CC(C)(C)C)C(C)(C)CC)c(F)c3F)CC2)c(F)c1F. The van der Waals surface area contributed by atoms with E-state index in [4.69, 9.17) is 9.47 Å². The zero-order valence-electron chi connectivity index (χ0n) is 34.0. The second-order valence-electron chi connectivity index (χ2n) is 19.0. The van der Waals surface area contributed by atoms with Gasteiger partial charge in [0.2, 0.25) is 11.6 Å². The van der Waals surface area contributed by atoms with Crippen LogP contribution in [-0.2, 0) is 0 Å². The molecular formula is C43H70F4O2Si2. The van der Waals surface area contributed by atoms with E-state index in [-0.39, 0.29) is 29.9 Å². The number of rotatable bonds is 19. The molecule has 0 saturated heterocycles. The van der Waals surface area contributed by atoms with Crippen molar-refractivity contribution in [3.05, 3.63) is 58.7 Å². The molecule has 0 N–H and O–H groups in total. The monoisotopic (exact) mass is 750 g/mol. The van der Waals surface area contributed by atoms with Crippen LogP contribution in [0.3, 0.4) is 0 Å². The van der Waals surface area contributed by atoms with Crippen molar-refractivity contribution in [2.45, 2.75) is 168 Å². The summed E-state index contributed by atoms with van der Waals surface area (Å²) in [6, 6.07) is 11.7. The van der Waals surface area contributed by atoms with Crippen LogP contribution in [0.15, 0.2) is 24.3 Å². The Kier molecular flexibility index (Phi) is 15.8. The number of unbranched alkanes of at least 4 members (excludes halogenated alkanes) is 1. The quantitative estimate of drug-likeness (QED) is 0.0809. The van der Waals surface area contributed by atoms with Crippen molar-refractivity contribution in [2.75, 3.05) is 13.2 Å². The number of hydrogen-bond acceptors (Lipinski definition) is 2. The predicted octanol–water partition coefficient (Wildman–Crippen LogP) is 14.5. The zero-order chi connectivity index (χ0) is 38.2. The third-order valence-corrected chi connectivity index (χ3v) is 19.1. The van der Waals surface area contributed by atoms with Gasteiger partial charge in [0.15, 0.2) is 23.1 Å². The van der Waals surface area contributed by atoms with Crippen LogP contribution < -0.4 is 9.47 Å². The molecule has 290 valence electrons. The van der Waals surface area contributed by atoms with E-state index in [9.17, 15) is 8.78 Å². The largest absolute Gasteiger partial charge is 0.491 e. The van der Waals surface area contributed by atoms with Gasteiger partial charge in [-0.2, -0.15) is 8.78 Å². The molecule has 2 nitrogen and oxygen atoms in total. The normalized spacial score (nSPS) is 18.2. The summed E-state index contributed by atoms with van der Waals surface area (Å²) in [4.78, 5) is 0. The molecule has 0 aliphatic heterocycles. The lowest BCUT2D eigenvalue weighted by Crippen LogP contribution is -2.34. The minimum absolute atomic E-state index is 0.0304. The van der Waals surface area contributed by atoms with Gasteiger partial charge in [0.05, 0.1) is 13.2 Å². The maximum absolute atomic E-state index is 15.3. The Balaban J connectivity index is 1.44. The van der Waals surface area contributed by atoms with E-state index in [0.717, 1.165) is 18.8 Å². The van der Waals surface area contributed by atoms with Gasteiger partial charge in [0, 0.05) is 16.1 Å². The van der Waals surface area contributed by atoms with Gasteiger partial charge >= 0.3 is 0 Å². The molecule has 0 heterocycles. The first kappa shape index (κ1) is 43.6. The molecule has 0 aromatic heterocycles. The van der Waals surface area contributed by atoms with Crippen LogP contribution in [0.25, 0.3) is 0 Å². The summed E-state index contributed by atoms with van der Waals surface area (Å²) in [5.41, 5.74) is 1.41. The highest BCUT2D eigenvalue weighted by Gasteiger charge is 2.34. The molecule has 3 rings (SSSR count). The molecule has 1 atom stereocenters. The van der Waals surface area contributed by atoms with Crippen LogP contribution in [-0.4, -0.2) is 29.4 Å². The Morgan fingerprint density at radius 2 is 1.12 bits per heavy atom. The van der Waals surface area contributed by atoms with Gasteiger partial charge in [-0.05, 0) is 97.3 Å². The van der Waals surface area contributed by atoms with Crippen molar-refractivity contribution < 1.29 is 27.0 Å². The van der Waals surface area contributed by atoms with E-state index in [1.165, 1.54) is 49.5 Å². The fraction of sp³-hybridized carbons (Fsp3) is 0.721. The van der Waals surface area contributed by atoms with Gasteiger partial charge in [0.25, 0.3) is 0 Å².